The third-order valence-electron chi connectivity index (χ3n) is 2.83. The molecule has 0 fully saturated rings. The van der Waals surface area contributed by atoms with Crippen LogP contribution in [0.1, 0.15) is 24.2 Å². The van der Waals surface area contributed by atoms with Gasteiger partial charge < -0.3 is 10.3 Å². The van der Waals surface area contributed by atoms with E-state index in [1.54, 1.807) is 12.1 Å². The molecule has 8 nitrogen and oxygen atoms in total. The number of hydrazine groups is 1. The summed E-state index contributed by atoms with van der Waals surface area (Å²) in [6.45, 7) is 3.82. The molecule has 116 valence electrons. The van der Waals surface area contributed by atoms with E-state index >= 15 is 0 Å². The third-order valence-corrected chi connectivity index (χ3v) is 3.05. The molecule has 22 heavy (non-hydrogen) atoms. The van der Waals surface area contributed by atoms with Crippen molar-refractivity contribution in [2.75, 3.05) is 0 Å². The molecule has 4 N–H and O–H groups in total. The lowest BCUT2D eigenvalue weighted by molar-refractivity contribution is -0.383. The first-order valence-corrected chi connectivity index (χ1v) is 6.91. The van der Waals surface area contributed by atoms with Gasteiger partial charge in [0.1, 0.15) is 0 Å². The van der Waals surface area contributed by atoms with Crippen molar-refractivity contribution in [3.63, 3.8) is 0 Å². The quantitative estimate of drug-likeness (QED) is 0.388. The van der Waals surface area contributed by atoms with E-state index < -0.39 is 10.8 Å². The van der Waals surface area contributed by atoms with Crippen LogP contribution in [0.2, 0.25) is 0 Å². The van der Waals surface area contributed by atoms with Crippen molar-refractivity contribution in [1.29, 1.82) is 0 Å². The smallest absolute Gasteiger partial charge is 0.294 e. The van der Waals surface area contributed by atoms with Gasteiger partial charge >= 0.3 is 0 Å². The number of amides is 1. The van der Waals surface area contributed by atoms with Crippen LogP contribution in [0.15, 0.2) is 24.4 Å². The minimum atomic E-state index is -0.500. The summed E-state index contributed by atoms with van der Waals surface area (Å²) in [5, 5.41) is 14.5. The second-order valence-electron chi connectivity index (χ2n) is 4.90. The van der Waals surface area contributed by atoms with Crippen molar-refractivity contribution in [1.82, 2.24) is 21.2 Å². The predicted octanol–water partition coefficient (Wildman–Crippen LogP) is 1.59. The standard InChI is InChI=1S/C13H15N5O3S/c1-7(2)15-13(22)17-16-12(19)8-3-4-10-9(5-8)11(6-14-10)18(20)21/h3-7,14H,1-2H3,(H,16,19)(H2,15,17,22). The predicted molar refractivity (Wildman–Crippen MR) is 86.4 cm³/mol. The normalized spacial score (nSPS) is 10.5. The summed E-state index contributed by atoms with van der Waals surface area (Å²) < 4.78 is 0. The van der Waals surface area contributed by atoms with Crippen LogP contribution in [0.4, 0.5) is 5.69 Å². The molecule has 1 heterocycles. The van der Waals surface area contributed by atoms with Crippen LogP contribution in [0.5, 0.6) is 0 Å². The Bertz CT molecular complexity index is 740. The Morgan fingerprint density at radius 1 is 1.36 bits per heavy atom. The van der Waals surface area contributed by atoms with E-state index in [1.807, 2.05) is 13.8 Å². The van der Waals surface area contributed by atoms with E-state index in [0.717, 1.165) is 0 Å². The molecule has 1 aromatic heterocycles. The highest BCUT2D eigenvalue weighted by Crippen LogP contribution is 2.25. The molecule has 9 heteroatoms. The first-order valence-electron chi connectivity index (χ1n) is 6.51. The summed E-state index contributed by atoms with van der Waals surface area (Å²) in [5.74, 6) is -0.440. The molecule has 0 atom stereocenters. The van der Waals surface area contributed by atoms with Crippen molar-refractivity contribution in [2.45, 2.75) is 19.9 Å². The highest BCUT2D eigenvalue weighted by Gasteiger charge is 2.16. The summed E-state index contributed by atoms with van der Waals surface area (Å²) in [6.07, 6.45) is 1.30. The Morgan fingerprint density at radius 2 is 2.09 bits per heavy atom. The Morgan fingerprint density at radius 3 is 2.73 bits per heavy atom. The summed E-state index contributed by atoms with van der Waals surface area (Å²) in [5.41, 5.74) is 5.81. The average Bonchev–Trinajstić information content (AvgIpc) is 2.87. The maximum absolute atomic E-state index is 12.0. The number of nitrogens with one attached hydrogen (secondary N) is 4. The lowest BCUT2D eigenvalue weighted by Crippen LogP contribution is -2.48. The van der Waals surface area contributed by atoms with E-state index in [9.17, 15) is 14.9 Å². The number of carbonyl (C=O) groups excluding carboxylic acids is 1. The third kappa shape index (κ3) is 3.50. The summed E-state index contributed by atoms with van der Waals surface area (Å²) in [4.78, 5) is 25.3. The van der Waals surface area contributed by atoms with E-state index in [2.05, 4.69) is 21.2 Å². The van der Waals surface area contributed by atoms with Crippen LogP contribution in [-0.4, -0.2) is 27.0 Å². The second-order valence-corrected chi connectivity index (χ2v) is 5.31. The molecule has 0 aliphatic heterocycles. The van der Waals surface area contributed by atoms with Gasteiger partial charge in [0, 0.05) is 11.6 Å². The second kappa shape index (κ2) is 6.39. The van der Waals surface area contributed by atoms with Crippen molar-refractivity contribution >= 4 is 39.8 Å². The Kier molecular flexibility index (Phi) is 4.56. The largest absolute Gasteiger partial charge is 0.359 e. The zero-order valence-corrected chi connectivity index (χ0v) is 12.8. The van der Waals surface area contributed by atoms with Gasteiger partial charge in [-0.1, -0.05) is 0 Å². The number of fused-ring (bicyclic) bond motifs is 1. The van der Waals surface area contributed by atoms with Gasteiger partial charge in [0.05, 0.1) is 22.0 Å². The van der Waals surface area contributed by atoms with Crippen LogP contribution in [-0.2, 0) is 0 Å². The van der Waals surface area contributed by atoms with Crippen LogP contribution < -0.4 is 16.2 Å². The monoisotopic (exact) mass is 321 g/mol. The Hall–Kier alpha value is -2.68. The number of rotatable bonds is 3. The molecule has 1 aromatic carbocycles. The van der Waals surface area contributed by atoms with Crippen LogP contribution in [0, 0.1) is 10.1 Å². The number of nitro groups is 1. The maximum atomic E-state index is 12.0. The molecule has 0 aliphatic rings. The fourth-order valence-corrected chi connectivity index (χ4v) is 2.17. The van der Waals surface area contributed by atoms with E-state index in [1.165, 1.54) is 12.3 Å². The van der Waals surface area contributed by atoms with Gasteiger partial charge in [-0.15, -0.1) is 0 Å². The lowest BCUT2D eigenvalue weighted by Gasteiger charge is -2.13. The molecule has 1 amide bonds. The highest BCUT2D eigenvalue weighted by molar-refractivity contribution is 7.80. The Balaban J connectivity index is 2.13. The average molecular weight is 321 g/mol. The Labute approximate surface area is 131 Å². The van der Waals surface area contributed by atoms with Gasteiger partial charge in [-0.2, -0.15) is 0 Å². The number of aromatic nitrogens is 1. The van der Waals surface area contributed by atoms with E-state index in [-0.39, 0.29) is 22.4 Å². The minimum absolute atomic E-state index is 0.0744. The number of thiocarbonyl (C=S) groups is 1. The zero-order valence-electron chi connectivity index (χ0n) is 12.0. The molecule has 0 aliphatic carbocycles. The van der Waals surface area contributed by atoms with Crippen molar-refractivity contribution in [2.24, 2.45) is 0 Å². The minimum Gasteiger partial charge on any atom is -0.359 e. The number of carbonyl (C=O) groups is 1. The lowest BCUT2D eigenvalue weighted by atomic mass is 10.1. The molecular formula is C13H15N5O3S. The summed E-state index contributed by atoms with van der Waals surface area (Å²) >= 11 is 4.99. The molecule has 0 unspecified atom stereocenters. The number of benzene rings is 1. The SMILES string of the molecule is CC(C)NC(=S)NNC(=O)c1ccc2[nH]cc([N+](=O)[O-])c2c1. The van der Waals surface area contributed by atoms with Gasteiger partial charge in [-0.3, -0.25) is 25.8 Å². The number of H-pyrrole nitrogens is 1. The fourth-order valence-electron chi connectivity index (χ4n) is 1.88. The summed E-state index contributed by atoms with van der Waals surface area (Å²) in [7, 11) is 0. The molecule has 0 bridgehead atoms. The fraction of sp³-hybridized carbons (Fsp3) is 0.231. The summed E-state index contributed by atoms with van der Waals surface area (Å²) in [6, 6.07) is 4.77. The van der Waals surface area contributed by atoms with Crippen LogP contribution >= 0.6 is 12.2 Å². The number of nitrogens with zero attached hydrogens (tertiary/aromatic N) is 1. The topological polar surface area (TPSA) is 112 Å². The van der Waals surface area contributed by atoms with Crippen LogP contribution in [0.25, 0.3) is 10.9 Å². The first kappa shape index (κ1) is 15.7. The first-order chi connectivity index (χ1) is 10.4. The van der Waals surface area contributed by atoms with Crippen molar-refractivity contribution in [3.8, 4) is 0 Å². The molecule has 0 radical (unpaired) electrons. The molecule has 2 aromatic rings. The zero-order chi connectivity index (χ0) is 16.3. The van der Waals surface area contributed by atoms with Crippen molar-refractivity contribution < 1.29 is 9.72 Å². The van der Waals surface area contributed by atoms with E-state index in [0.29, 0.717) is 10.9 Å². The highest BCUT2D eigenvalue weighted by atomic mass is 32.1. The van der Waals surface area contributed by atoms with Crippen molar-refractivity contribution in [3.05, 3.63) is 40.1 Å². The number of aromatic amines is 1. The molecule has 0 saturated carbocycles. The molecule has 2 rings (SSSR count). The van der Waals surface area contributed by atoms with Gasteiger partial charge in [0.2, 0.25) is 0 Å². The van der Waals surface area contributed by atoms with Gasteiger partial charge in [0.15, 0.2) is 5.11 Å². The maximum Gasteiger partial charge on any atom is 0.294 e. The number of hydrogen-bond acceptors (Lipinski definition) is 4. The van der Waals surface area contributed by atoms with Gasteiger partial charge in [0.25, 0.3) is 11.6 Å². The van der Waals surface area contributed by atoms with Gasteiger partial charge in [-0.05, 0) is 44.3 Å². The molecular weight excluding hydrogens is 306 g/mol. The van der Waals surface area contributed by atoms with Crippen LogP contribution in [0.3, 0.4) is 0 Å². The number of hydrogen-bond donors (Lipinski definition) is 4. The molecule has 0 saturated heterocycles. The van der Waals surface area contributed by atoms with E-state index in [4.69, 9.17) is 12.2 Å². The van der Waals surface area contributed by atoms with Gasteiger partial charge in [-0.25, -0.2) is 0 Å². The molecule has 0 spiro atoms.